The number of hydrogen-bond acceptors (Lipinski definition) is 5. The zero-order valence-corrected chi connectivity index (χ0v) is 16.7. The van der Waals surface area contributed by atoms with E-state index >= 15 is 0 Å². The summed E-state index contributed by atoms with van der Waals surface area (Å²) in [7, 11) is 0. The first-order chi connectivity index (χ1) is 15.5. The molecule has 0 bridgehead atoms. The number of nitrogens with zero attached hydrogens (tertiary/aromatic N) is 1. The normalized spacial score (nSPS) is 12.2. The number of carbonyl (C=O) groups is 2. The summed E-state index contributed by atoms with van der Waals surface area (Å²) in [5, 5.41) is 2.21. The Hall–Kier alpha value is -3.86. The molecule has 2 aromatic carbocycles. The van der Waals surface area contributed by atoms with E-state index in [-0.39, 0.29) is 23.2 Å². The van der Waals surface area contributed by atoms with Gasteiger partial charge in [-0.25, -0.2) is 18.6 Å². The molecule has 33 heavy (non-hydrogen) atoms. The second kappa shape index (κ2) is 9.74. The van der Waals surface area contributed by atoms with Crippen LogP contribution in [0.3, 0.4) is 0 Å². The molecule has 1 atom stereocenters. The van der Waals surface area contributed by atoms with Crippen molar-refractivity contribution in [3.05, 3.63) is 89.1 Å². The van der Waals surface area contributed by atoms with Crippen LogP contribution in [0.15, 0.2) is 60.8 Å². The number of nitrogens with one attached hydrogen (secondary N) is 1. The number of benzene rings is 2. The van der Waals surface area contributed by atoms with Gasteiger partial charge in [0.1, 0.15) is 23.2 Å². The Bertz CT molecular complexity index is 1180. The van der Waals surface area contributed by atoms with Crippen LogP contribution in [0.5, 0.6) is 5.88 Å². The standard InChI is InChI=1S/C22H16F5N3O3/c23-14-6-7-18(16(24)11-14)30-19(31)15-5-2-8-29-20(15)33-21(32)17(28)10-12-3-1-4-13(9-12)22(25,26)27/h1-9,11,17H,10,28H2,(H,30,31)/t17-/m0/s1. The summed E-state index contributed by atoms with van der Waals surface area (Å²) in [5.41, 5.74) is 4.47. The van der Waals surface area contributed by atoms with Crippen molar-refractivity contribution in [1.82, 2.24) is 4.98 Å². The second-order valence-corrected chi connectivity index (χ2v) is 6.86. The van der Waals surface area contributed by atoms with Crippen molar-refractivity contribution in [2.75, 3.05) is 5.32 Å². The average Bonchev–Trinajstić information content (AvgIpc) is 2.75. The smallest absolute Gasteiger partial charge is 0.405 e. The first-order valence-corrected chi connectivity index (χ1v) is 9.39. The number of aromatic nitrogens is 1. The van der Waals surface area contributed by atoms with E-state index in [1.54, 1.807) is 0 Å². The van der Waals surface area contributed by atoms with Crippen LogP contribution < -0.4 is 15.8 Å². The number of hydrogen-bond donors (Lipinski definition) is 2. The van der Waals surface area contributed by atoms with Crippen molar-refractivity contribution in [1.29, 1.82) is 0 Å². The molecule has 0 radical (unpaired) electrons. The minimum absolute atomic E-state index is 0.153. The van der Waals surface area contributed by atoms with Crippen LogP contribution in [0, 0.1) is 11.6 Å². The van der Waals surface area contributed by atoms with Crippen molar-refractivity contribution < 1.29 is 36.3 Å². The lowest BCUT2D eigenvalue weighted by atomic mass is 10.0. The van der Waals surface area contributed by atoms with Gasteiger partial charge in [0.05, 0.1) is 11.3 Å². The van der Waals surface area contributed by atoms with Crippen LogP contribution >= 0.6 is 0 Å². The highest BCUT2D eigenvalue weighted by Crippen LogP contribution is 2.29. The molecule has 11 heteroatoms. The van der Waals surface area contributed by atoms with E-state index in [1.807, 2.05) is 0 Å². The summed E-state index contributed by atoms with van der Waals surface area (Å²) in [5.74, 6) is -4.25. The van der Waals surface area contributed by atoms with Crippen LogP contribution in [0.4, 0.5) is 27.6 Å². The van der Waals surface area contributed by atoms with Crippen molar-refractivity contribution in [3.63, 3.8) is 0 Å². The molecule has 3 aromatic rings. The van der Waals surface area contributed by atoms with Gasteiger partial charge >= 0.3 is 12.1 Å². The Morgan fingerprint density at radius 3 is 2.52 bits per heavy atom. The molecular formula is C22H16F5N3O3. The topological polar surface area (TPSA) is 94.3 Å². The number of amides is 1. The van der Waals surface area contributed by atoms with Crippen molar-refractivity contribution >= 4 is 17.6 Å². The fourth-order valence-electron chi connectivity index (χ4n) is 2.81. The largest absolute Gasteiger partial charge is 0.416 e. The van der Waals surface area contributed by atoms with Gasteiger partial charge in [-0.15, -0.1) is 0 Å². The summed E-state index contributed by atoms with van der Waals surface area (Å²) in [6.45, 7) is 0. The maximum atomic E-state index is 13.8. The van der Waals surface area contributed by atoms with Gasteiger partial charge in [0.15, 0.2) is 0 Å². The number of alkyl halides is 3. The first-order valence-electron chi connectivity index (χ1n) is 9.39. The van der Waals surface area contributed by atoms with Gasteiger partial charge < -0.3 is 15.8 Å². The predicted octanol–water partition coefficient (Wildman–Crippen LogP) is 4.11. The van der Waals surface area contributed by atoms with Gasteiger partial charge in [0, 0.05) is 12.3 Å². The highest BCUT2D eigenvalue weighted by molar-refractivity contribution is 6.06. The number of carbonyl (C=O) groups excluding carboxylic acids is 2. The molecule has 1 heterocycles. The monoisotopic (exact) mass is 465 g/mol. The van der Waals surface area contributed by atoms with E-state index in [1.165, 1.54) is 30.5 Å². The number of rotatable bonds is 6. The molecule has 0 aliphatic rings. The molecule has 0 unspecified atom stereocenters. The van der Waals surface area contributed by atoms with Gasteiger partial charge in [-0.2, -0.15) is 13.2 Å². The Labute approximate surface area is 184 Å². The lowest BCUT2D eigenvalue weighted by Crippen LogP contribution is -2.36. The maximum Gasteiger partial charge on any atom is 0.416 e. The van der Waals surface area contributed by atoms with Gasteiger partial charge in [-0.05, 0) is 42.3 Å². The minimum atomic E-state index is -4.55. The Morgan fingerprint density at radius 2 is 1.82 bits per heavy atom. The van der Waals surface area contributed by atoms with Crippen molar-refractivity contribution in [2.24, 2.45) is 5.73 Å². The number of ether oxygens (including phenoxy) is 1. The molecule has 0 saturated heterocycles. The zero-order valence-electron chi connectivity index (χ0n) is 16.7. The summed E-state index contributed by atoms with van der Waals surface area (Å²) < 4.78 is 70.5. The summed E-state index contributed by atoms with van der Waals surface area (Å²) in [4.78, 5) is 28.7. The number of nitrogens with two attached hydrogens (primary N) is 1. The van der Waals surface area contributed by atoms with Crippen LogP contribution in [-0.2, 0) is 17.4 Å². The third kappa shape index (κ3) is 6.10. The van der Waals surface area contributed by atoms with Crippen LogP contribution in [0.1, 0.15) is 21.5 Å². The maximum absolute atomic E-state index is 13.8. The van der Waals surface area contributed by atoms with Gasteiger partial charge in [0.2, 0.25) is 5.88 Å². The van der Waals surface area contributed by atoms with E-state index in [9.17, 15) is 31.5 Å². The molecule has 0 fully saturated rings. The number of pyridine rings is 1. The molecule has 172 valence electrons. The SMILES string of the molecule is N[C@@H](Cc1cccc(C(F)(F)F)c1)C(=O)Oc1ncccc1C(=O)Nc1ccc(F)cc1F. The molecule has 6 nitrogen and oxygen atoms in total. The average molecular weight is 465 g/mol. The van der Waals surface area contributed by atoms with E-state index in [0.717, 1.165) is 24.3 Å². The van der Waals surface area contributed by atoms with E-state index < -0.39 is 47.2 Å². The third-order valence-corrected chi connectivity index (χ3v) is 4.41. The third-order valence-electron chi connectivity index (χ3n) is 4.41. The first kappa shape index (κ1) is 23.8. The highest BCUT2D eigenvalue weighted by atomic mass is 19.4. The van der Waals surface area contributed by atoms with Crippen LogP contribution in [0.2, 0.25) is 0 Å². The summed E-state index contributed by atoms with van der Waals surface area (Å²) >= 11 is 0. The van der Waals surface area contributed by atoms with Gasteiger partial charge in [0.25, 0.3) is 5.91 Å². The summed E-state index contributed by atoms with van der Waals surface area (Å²) in [6, 6.07) is 8.07. The molecule has 1 aromatic heterocycles. The molecule has 0 aliphatic carbocycles. The second-order valence-electron chi connectivity index (χ2n) is 6.86. The van der Waals surface area contributed by atoms with Gasteiger partial charge in [-0.1, -0.05) is 18.2 Å². The zero-order chi connectivity index (χ0) is 24.2. The van der Waals surface area contributed by atoms with Gasteiger partial charge in [-0.3, -0.25) is 4.79 Å². The van der Waals surface area contributed by atoms with Crippen molar-refractivity contribution in [2.45, 2.75) is 18.6 Å². The lowest BCUT2D eigenvalue weighted by Gasteiger charge is -2.14. The van der Waals surface area contributed by atoms with Crippen molar-refractivity contribution in [3.8, 4) is 5.88 Å². The van der Waals surface area contributed by atoms with E-state index in [0.29, 0.717) is 6.07 Å². The molecule has 0 saturated carbocycles. The Kier molecular flexibility index (Phi) is 7.02. The van der Waals surface area contributed by atoms with Crippen LogP contribution in [0.25, 0.3) is 0 Å². The quantitative estimate of drug-likeness (QED) is 0.422. The predicted molar refractivity (Wildman–Crippen MR) is 107 cm³/mol. The highest BCUT2D eigenvalue weighted by Gasteiger charge is 2.31. The number of esters is 1. The summed E-state index contributed by atoms with van der Waals surface area (Å²) in [6.07, 6.45) is -3.60. The van der Waals surface area contributed by atoms with E-state index in [2.05, 4.69) is 10.3 Å². The van der Waals surface area contributed by atoms with Crippen LogP contribution in [-0.4, -0.2) is 22.9 Å². The lowest BCUT2D eigenvalue weighted by molar-refractivity contribution is -0.137. The molecule has 3 rings (SSSR count). The Morgan fingerprint density at radius 1 is 1.06 bits per heavy atom. The molecular weight excluding hydrogens is 449 g/mol. The number of anilines is 1. The molecule has 0 spiro atoms. The minimum Gasteiger partial charge on any atom is -0.405 e. The molecule has 1 amide bonds. The number of halogens is 5. The fraction of sp³-hybridized carbons (Fsp3) is 0.136. The van der Waals surface area contributed by atoms with E-state index in [4.69, 9.17) is 10.5 Å². The Balaban J connectivity index is 1.72. The molecule has 3 N–H and O–H groups in total. The molecule has 0 aliphatic heterocycles. The fourth-order valence-corrected chi connectivity index (χ4v) is 2.81.